The van der Waals surface area contributed by atoms with Gasteiger partial charge in [-0.25, -0.2) is 9.59 Å². The number of carbonyl (C=O) groups excluding carboxylic acids is 2. The van der Waals surface area contributed by atoms with Gasteiger partial charge in [0.15, 0.2) is 0 Å². The van der Waals surface area contributed by atoms with Crippen LogP contribution in [0, 0.1) is 0 Å². The summed E-state index contributed by atoms with van der Waals surface area (Å²) < 4.78 is 4.94. The Morgan fingerprint density at radius 2 is 1.68 bits per heavy atom. The van der Waals surface area contributed by atoms with Crippen molar-refractivity contribution in [1.82, 2.24) is 15.1 Å². The molecule has 0 spiro atoms. The lowest BCUT2D eigenvalue weighted by atomic mass is 10.2. The molecule has 6 nitrogen and oxygen atoms in total. The first-order valence-corrected chi connectivity index (χ1v) is 7.13. The number of unbranched alkanes of at least 4 members (excludes halogenated alkanes) is 2. The van der Waals surface area contributed by atoms with E-state index in [9.17, 15) is 9.59 Å². The van der Waals surface area contributed by atoms with Crippen LogP contribution in [0.25, 0.3) is 0 Å². The molecule has 110 valence electrons. The van der Waals surface area contributed by atoms with Crippen molar-refractivity contribution in [1.29, 1.82) is 0 Å². The molecule has 3 amide bonds. The Hall–Kier alpha value is -1.46. The minimum absolute atomic E-state index is 0.0281. The molecule has 0 bridgehead atoms. The second kappa shape index (κ2) is 8.61. The number of piperazine rings is 1. The molecular formula is C13H25N3O3. The van der Waals surface area contributed by atoms with E-state index in [-0.39, 0.29) is 12.1 Å². The Morgan fingerprint density at radius 3 is 2.26 bits per heavy atom. The predicted molar refractivity (Wildman–Crippen MR) is 73.1 cm³/mol. The minimum atomic E-state index is -0.287. The van der Waals surface area contributed by atoms with Gasteiger partial charge < -0.3 is 19.9 Å². The summed E-state index contributed by atoms with van der Waals surface area (Å²) in [5.41, 5.74) is 0. The van der Waals surface area contributed by atoms with Crippen LogP contribution in [0.1, 0.15) is 33.1 Å². The minimum Gasteiger partial charge on any atom is -0.450 e. The van der Waals surface area contributed by atoms with Crippen LogP contribution in [-0.4, -0.2) is 61.3 Å². The summed E-state index contributed by atoms with van der Waals surface area (Å²) in [6.07, 6.45) is 3.02. The Labute approximate surface area is 115 Å². The molecule has 1 aliphatic rings. The molecule has 0 radical (unpaired) electrons. The van der Waals surface area contributed by atoms with E-state index in [0.29, 0.717) is 32.8 Å². The highest BCUT2D eigenvalue weighted by molar-refractivity contribution is 5.75. The monoisotopic (exact) mass is 271 g/mol. The summed E-state index contributed by atoms with van der Waals surface area (Å²) in [6.45, 7) is 7.26. The molecule has 1 heterocycles. The summed E-state index contributed by atoms with van der Waals surface area (Å²) >= 11 is 0. The fourth-order valence-electron chi connectivity index (χ4n) is 1.99. The molecule has 6 heteroatoms. The van der Waals surface area contributed by atoms with E-state index in [4.69, 9.17) is 4.74 Å². The zero-order valence-corrected chi connectivity index (χ0v) is 12.0. The van der Waals surface area contributed by atoms with Crippen LogP contribution in [0.2, 0.25) is 0 Å². The van der Waals surface area contributed by atoms with Crippen LogP contribution in [0.3, 0.4) is 0 Å². The first-order valence-electron chi connectivity index (χ1n) is 7.13. The normalized spacial score (nSPS) is 15.3. The molecule has 0 unspecified atom stereocenters. The summed E-state index contributed by atoms with van der Waals surface area (Å²) in [4.78, 5) is 26.7. The van der Waals surface area contributed by atoms with Crippen LogP contribution < -0.4 is 5.32 Å². The topological polar surface area (TPSA) is 61.9 Å². The highest BCUT2D eigenvalue weighted by Gasteiger charge is 2.24. The number of nitrogens with zero attached hydrogens (tertiary/aromatic N) is 2. The Kier molecular flexibility index (Phi) is 7.07. The number of rotatable bonds is 5. The van der Waals surface area contributed by atoms with Crippen LogP contribution >= 0.6 is 0 Å². The van der Waals surface area contributed by atoms with Crippen molar-refractivity contribution in [2.45, 2.75) is 33.1 Å². The van der Waals surface area contributed by atoms with Gasteiger partial charge in [-0.15, -0.1) is 0 Å². The van der Waals surface area contributed by atoms with Crippen LogP contribution in [0.5, 0.6) is 0 Å². The van der Waals surface area contributed by atoms with Crippen LogP contribution in [0.15, 0.2) is 0 Å². The quantitative estimate of drug-likeness (QED) is 0.774. The molecule has 1 saturated heterocycles. The lowest BCUT2D eigenvalue weighted by molar-refractivity contribution is 0.0852. The number of nitrogens with one attached hydrogen (secondary N) is 1. The Bertz CT molecular complexity index is 289. The maximum Gasteiger partial charge on any atom is 0.409 e. The van der Waals surface area contributed by atoms with Crippen molar-refractivity contribution in [3.63, 3.8) is 0 Å². The molecule has 0 saturated carbocycles. The summed E-state index contributed by atoms with van der Waals surface area (Å²) in [6, 6.07) is -0.0281. The first-order chi connectivity index (χ1) is 9.19. The van der Waals surface area contributed by atoms with Gasteiger partial charge >= 0.3 is 12.1 Å². The van der Waals surface area contributed by atoms with Gasteiger partial charge in [0.05, 0.1) is 6.61 Å². The van der Waals surface area contributed by atoms with Gasteiger partial charge in [0.25, 0.3) is 0 Å². The Morgan fingerprint density at radius 1 is 1.05 bits per heavy atom. The molecule has 0 aliphatic carbocycles. The van der Waals surface area contributed by atoms with Crippen LogP contribution in [0.4, 0.5) is 9.59 Å². The third-order valence-corrected chi connectivity index (χ3v) is 3.15. The maximum absolute atomic E-state index is 11.8. The third-order valence-electron chi connectivity index (χ3n) is 3.15. The summed E-state index contributed by atoms with van der Waals surface area (Å²) in [5.74, 6) is 0. The molecule has 19 heavy (non-hydrogen) atoms. The second-order valence-corrected chi connectivity index (χ2v) is 4.61. The number of urea groups is 1. The number of carbonyl (C=O) groups is 2. The predicted octanol–water partition coefficient (Wildman–Crippen LogP) is 1.66. The fourth-order valence-corrected chi connectivity index (χ4v) is 1.99. The van der Waals surface area contributed by atoms with Gasteiger partial charge in [0.2, 0.25) is 0 Å². The summed E-state index contributed by atoms with van der Waals surface area (Å²) in [7, 11) is 0. The lowest BCUT2D eigenvalue weighted by Crippen LogP contribution is -2.53. The largest absolute Gasteiger partial charge is 0.450 e. The molecule has 0 aromatic heterocycles. The molecule has 1 fully saturated rings. The van der Waals surface area contributed by atoms with E-state index in [1.165, 1.54) is 0 Å². The molecule has 1 N–H and O–H groups in total. The smallest absolute Gasteiger partial charge is 0.409 e. The first kappa shape index (κ1) is 15.6. The molecule has 0 atom stereocenters. The zero-order chi connectivity index (χ0) is 14.1. The van der Waals surface area contributed by atoms with E-state index >= 15 is 0 Å². The van der Waals surface area contributed by atoms with Gasteiger partial charge in [-0.2, -0.15) is 0 Å². The van der Waals surface area contributed by atoms with Crippen LogP contribution in [-0.2, 0) is 4.74 Å². The van der Waals surface area contributed by atoms with Gasteiger partial charge in [-0.3, -0.25) is 0 Å². The lowest BCUT2D eigenvalue weighted by Gasteiger charge is -2.34. The highest BCUT2D eigenvalue weighted by Crippen LogP contribution is 2.04. The van der Waals surface area contributed by atoms with E-state index in [2.05, 4.69) is 12.2 Å². The molecule has 0 aromatic carbocycles. The molecular weight excluding hydrogens is 246 g/mol. The number of hydrogen-bond donors (Lipinski definition) is 1. The number of ether oxygens (including phenoxy) is 1. The van der Waals surface area contributed by atoms with Gasteiger partial charge in [-0.1, -0.05) is 19.8 Å². The van der Waals surface area contributed by atoms with Crippen molar-refractivity contribution < 1.29 is 14.3 Å². The zero-order valence-electron chi connectivity index (χ0n) is 12.0. The maximum atomic E-state index is 11.8. The van der Waals surface area contributed by atoms with Gasteiger partial charge in [-0.05, 0) is 13.3 Å². The van der Waals surface area contributed by atoms with Crippen molar-refractivity contribution in [3.8, 4) is 0 Å². The molecule has 1 rings (SSSR count). The number of hydrogen-bond acceptors (Lipinski definition) is 3. The number of amides is 3. The molecule has 1 aliphatic heterocycles. The van der Waals surface area contributed by atoms with E-state index < -0.39 is 0 Å². The van der Waals surface area contributed by atoms with E-state index in [0.717, 1.165) is 25.8 Å². The van der Waals surface area contributed by atoms with E-state index in [1.54, 1.807) is 16.7 Å². The van der Waals surface area contributed by atoms with Crippen molar-refractivity contribution >= 4 is 12.1 Å². The van der Waals surface area contributed by atoms with Crippen molar-refractivity contribution in [3.05, 3.63) is 0 Å². The summed E-state index contributed by atoms with van der Waals surface area (Å²) in [5, 5.41) is 2.91. The average molecular weight is 271 g/mol. The van der Waals surface area contributed by atoms with Crippen molar-refractivity contribution in [2.24, 2.45) is 0 Å². The SMILES string of the molecule is CCCCCNC(=O)N1CCN(C(=O)OCC)CC1. The molecule has 0 aromatic rings. The third kappa shape index (κ3) is 5.36. The Balaban J connectivity index is 2.21. The van der Waals surface area contributed by atoms with Crippen molar-refractivity contribution in [2.75, 3.05) is 39.3 Å². The highest BCUT2D eigenvalue weighted by atomic mass is 16.6. The average Bonchev–Trinajstić information content (AvgIpc) is 2.44. The second-order valence-electron chi connectivity index (χ2n) is 4.61. The van der Waals surface area contributed by atoms with Gasteiger partial charge in [0.1, 0.15) is 0 Å². The fraction of sp³-hybridized carbons (Fsp3) is 0.846. The standard InChI is InChI=1S/C13H25N3O3/c1-3-5-6-7-14-12(17)15-8-10-16(11-9-15)13(18)19-4-2/h3-11H2,1-2H3,(H,14,17). The van der Waals surface area contributed by atoms with E-state index in [1.807, 2.05) is 0 Å². The van der Waals surface area contributed by atoms with Gasteiger partial charge in [0, 0.05) is 32.7 Å².